The predicted octanol–water partition coefficient (Wildman–Crippen LogP) is 0.620. The van der Waals surface area contributed by atoms with Crippen molar-refractivity contribution < 1.29 is 14.3 Å². The molecule has 2 N–H and O–H groups in total. The van der Waals surface area contributed by atoms with Crippen molar-refractivity contribution in [3.63, 3.8) is 0 Å². The van der Waals surface area contributed by atoms with Crippen molar-refractivity contribution in [3.8, 4) is 0 Å². The Morgan fingerprint density at radius 1 is 1.47 bits per heavy atom. The van der Waals surface area contributed by atoms with Gasteiger partial charge < -0.3 is 15.4 Å². The molecule has 1 amide bonds. The molecule has 1 aliphatic rings. The number of nitrogens with one attached hydrogen (secondary N) is 2. The minimum atomic E-state index is -0.198. The van der Waals surface area contributed by atoms with E-state index in [4.69, 9.17) is 4.74 Å². The Morgan fingerprint density at radius 3 is 2.82 bits per heavy atom. The van der Waals surface area contributed by atoms with Crippen LogP contribution in [0.2, 0.25) is 0 Å². The first-order valence-electron chi connectivity index (χ1n) is 5.90. The first-order valence-corrected chi connectivity index (χ1v) is 5.90. The molecule has 0 aromatic carbocycles. The number of carbonyl (C=O) groups is 2. The number of ether oxygens (including phenoxy) is 1. The van der Waals surface area contributed by atoms with E-state index in [1.807, 2.05) is 0 Å². The van der Waals surface area contributed by atoms with Crippen molar-refractivity contribution in [2.24, 2.45) is 0 Å². The summed E-state index contributed by atoms with van der Waals surface area (Å²) < 4.78 is 4.78. The zero-order valence-electron chi connectivity index (χ0n) is 10.2. The molecule has 1 heterocycles. The molecule has 0 radical (unpaired) electrons. The molecule has 17 heavy (non-hydrogen) atoms. The van der Waals surface area contributed by atoms with Crippen LogP contribution in [0.5, 0.6) is 0 Å². The number of hydrogen-bond donors (Lipinski definition) is 2. The molecule has 0 aliphatic carbocycles. The topological polar surface area (TPSA) is 67.4 Å². The summed E-state index contributed by atoms with van der Waals surface area (Å²) in [7, 11) is 0. The van der Waals surface area contributed by atoms with Gasteiger partial charge in [0.15, 0.2) is 0 Å². The highest BCUT2D eigenvalue weighted by molar-refractivity contribution is 5.85. The molecule has 5 nitrogen and oxygen atoms in total. The van der Waals surface area contributed by atoms with Crippen LogP contribution in [-0.4, -0.2) is 37.6 Å². The van der Waals surface area contributed by atoms with Gasteiger partial charge in [0.05, 0.1) is 12.6 Å². The van der Waals surface area contributed by atoms with Crippen LogP contribution in [0.25, 0.3) is 0 Å². The first-order chi connectivity index (χ1) is 7.74. The molecular formula is C11H21ClN2O3. The SMILES string of the molecule is CCOC(=O)CCCNC(=O)[C@@H]1CCCN1.Cl. The van der Waals surface area contributed by atoms with Gasteiger partial charge in [-0.1, -0.05) is 0 Å². The lowest BCUT2D eigenvalue weighted by Crippen LogP contribution is -2.40. The van der Waals surface area contributed by atoms with E-state index in [1.165, 1.54) is 0 Å². The van der Waals surface area contributed by atoms with E-state index in [9.17, 15) is 9.59 Å². The minimum absolute atomic E-state index is 0. The summed E-state index contributed by atoms with van der Waals surface area (Å²) in [6, 6.07) is -0.0393. The summed E-state index contributed by atoms with van der Waals surface area (Å²) >= 11 is 0. The normalized spacial score (nSPS) is 18.3. The average molecular weight is 265 g/mol. The molecule has 0 bridgehead atoms. The van der Waals surface area contributed by atoms with E-state index in [0.717, 1.165) is 19.4 Å². The molecule has 0 spiro atoms. The Balaban J connectivity index is 0.00000256. The Bertz CT molecular complexity index is 243. The molecule has 100 valence electrons. The van der Waals surface area contributed by atoms with Crippen LogP contribution in [0, 0.1) is 0 Å². The summed E-state index contributed by atoms with van der Waals surface area (Å²) in [5, 5.41) is 5.94. The van der Waals surface area contributed by atoms with Crippen LogP contribution in [0.3, 0.4) is 0 Å². The average Bonchev–Trinajstić information content (AvgIpc) is 2.78. The molecule has 0 saturated carbocycles. The van der Waals surface area contributed by atoms with Gasteiger partial charge in [0, 0.05) is 13.0 Å². The maximum absolute atomic E-state index is 11.5. The highest BCUT2D eigenvalue weighted by Crippen LogP contribution is 2.04. The number of carbonyl (C=O) groups excluding carboxylic acids is 2. The largest absolute Gasteiger partial charge is 0.466 e. The Kier molecular flexibility index (Phi) is 8.80. The van der Waals surface area contributed by atoms with Crippen LogP contribution >= 0.6 is 12.4 Å². The van der Waals surface area contributed by atoms with Gasteiger partial charge in [-0.3, -0.25) is 9.59 Å². The lowest BCUT2D eigenvalue weighted by atomic mass is 10.2. The maximum Gasteiger partial charge on any atom is 0.305 e. The fourth-order valence-electron chi connectivity index (χ4n) is 1.71. The molecular weight excluding hydrogens is 244 g/mol. The lowest BCUT2D eigenvalue weighted by Gasteiger charge is -2.10. The van der Waals surface area contributed by atoms with Gasteiger partial charge in [-0.2, -0.15) is 0 Å². The fraction of sp³-hybridized carbons (Fsp3) is 0.818. The molecule has 0 aromatic heterocycles. The number of esters is 1. The summed E-state index contributed by atoms with van der Waals surface area (Å²) in [5.74, 6) is -0.155. The number of amides is 1. The van der Waals surface area contributed by atoms with E-state index in [2.05, 4.69) is 10.6 Å². The van der Waals surface area contributed by atoms with Gasteiger partial charge in [0.25, 0.3) is 0 Å². The van der Waals surface area contributed by atoms with Crippen molar-refractivity contribution in [2.75, 3.05) is 19.7 Å². The van der Waals surface area contributed by atoms with E-state index in [1.54, 1.807) is 6.92 Å². The van der Waals surface area contributed by atoms with Gasteiger partial charge in [0.2, 0.25) is 5.91 Å². The molecule has 1 rings (SSSR count). The number of halogens is 1. The third-order valence-corrected chi connectivity index (χ3v) is 2.54. The van der Waals surface area contributed by atoms with Crippen LogP contribution in [0.15, 0.2) is 0 Å². The molecule has 1 atom stereocenters. The maximum atomic E-state index is 11.5. The summed E-state index contributed by atoms with van der Waals surface area (Å²) in [6.45, 7) is 3.65. The van der Waals surface area contributed by atoms with Crippen LogP contribution in [-0.2, 0) is 14.3 Å². The summed E-state index contributed by atoms with van der Waals surface area (Å²) in [5.41, 5.74) is 0. The van der Waals surface area contributed by atoms with E-state index < -0.39 is 0 Å². The monoisotopic (exact) mass is 264 g/mol. The highest BCUT2D eigenvalue weighted by Gasteiger charge is 2.21. The van der Waals surface area contributed by atoms with Crippen LogP contribution in [0.1, 0.15) is 32.6 Å². The van der Waals surface area contributed by atoms with E-state index in [0.29, 0.717) is 26.0 Å². The van der Waals surface area contributed by atoms with Crippen molar-refractivity contribution in [1.29, 1.82) is 0 Å². The lowest BCUT2D eigenvalue weighted by molar-refractivity contribution is -0.143. The fourth-order valence-corrected chi connectivity index (χ4v) is 1.71. The Labute approximate surface area is 108 Å². The molecule has 1 saturated heterocycles. The second-order valence-corrected chi connectivity index (χ2v) is 3.85. The Morgan fingerprint density at radius 2 is 2.24 bits per heavy atom. The smallest absolute Gasteiger partial charge is 0.305 e. The van der Waals surface area contributed by atoms with Crippen molar-refractivity contribution in [1.82, 2.24) is 10.6 Å². The predicted molar refractivity (Wildman–Crippen MR) is 67.1 cm³/mol. The second-order valence-electron chi connectivity index (χ2n) is 3.85. The van der Waals surface area contributed by atoms with Crippen LogP contribution < -0.4 is 10.6 Å². The number of hydrogen-bond acceptors (Lipinski definition) is 4. The Hall–Kier alpha value is -0.810. The molecule has 0 aromatic rings. The van der Waals surface area contributed by atoms with E-state index in [-0.39, 0.29) is 30.3 Å². The van der Waals surface area contributed by atoms with Crippen molar-refractivity contribution in [2.45, 2.75) is 38.6 Å². The summed E-state index contributed by atoms with van der Waals surface area (Å²) in [6.07, 6.45) is 2.97. The van der Waals surface area contributed by atoms with E-state index >= 15 is 0 Å². The third-order valence-electron chi connectivity index (χ3n) is 2.54. The van der Waals surface area contributed by atoms with Gasteiger partial charge in [-0.15, -0.1) is 12.4 Å². The molecule has 6 heteroatoms. The van der Waals surface area contributed by atoms with Crippen molar-refractivity contribution >= 4 is 24.3 Å². The quantitative estimate of drug-likeness (QED) is 0.545. The minimum Gasteiger partial charge on any atom is -0.466 e. The van der Waals surface area contributed by atoms with Gasteiger partial charge in [-0.05, 0) is 32.7 Å². The van der Waals surface area contributed by atoms with Crippen LogP contribution in [0.4, 0.5) is 0 Å². The molecule has 1 aliphatic heterocycles. The molecule has 1 fully saturated rings. The molecule has 0 unspecified atom stereocenters. The van der Waals surface area contributed by atoms with Crippen molar-refractivity contribution in [3.05, 3.63) is 0 Å². The van der Waals surface area contributed by atoms with Gasteiger partial charge in [-0.25, -0.2) is 0 Å². The second kappa shape index (κ2) is 9.24. The zero-order valence-corrected chi connectivity index (χ0v) is 11.0. The summed E-state index contributed by atoms with van der Waals surface area (Å²) in [4.78, 5) is 22.5. The van der Waals surface area contributed by atoms with Gasteiger partial charge in [0.1, 0.15) is 0 Å². The van der Waals surface area contributed by atoms with Gasteiger partial charge >= 0.3 is 5.97 Å². The standard InChI is InChI=1S/C11H20N2O3.ClH/c1-2-16-10(14)6-4-8-13-11(15)9-5-3-7-12-9;/h9,12H,2-8H2,1H3,(H,13,15);1H/t9-;/m0./s1. The number of rotatable bonds is 6. The first kappa shape index (κ1) is 16.2. The highest BCUT2D eigenvalue weighted by atomic mass is 35.5. The third kappa shape index (κ3) is 6.48. The zero-order chi connectivity index (χ0) is 11.8.